The van der Waals surface area contributed by atoms with E-state index in [4.69, 9.17) is 10.5 Å². The molecule has 4 nitrogen and oxygen atoms in total. The topological polar surface area (TPSA) is 64.4 Å². The fourth-order valence-corrected chi connectivity index (χ4v) is 1.59. The third kappa shape index (κ3) is 4.94. The minimum absolute atomic E-state index is 0.0486. The van der Waals surface area contributed by atoms with Gasteiger partial charge in [-0.1, -0.05) is 13.8 Å². The molecule has 0 heterocycles. The van der Waals surface area contributed by atoms with Gasteiger partial charge in [-0.3, -0.25) is 4.79 Å². The van der Waals surface area contributed by atoms with Crippen molar-refractivity contribution in [2.24, 2.45) is 23.5 Å². The summed E-state index contributed by atoms with van der Waals surface area (Å²) in [7, 11) is 0. The molecule has 1 unspecified atom stereocenters. The van der Waals surface area contributed by atoms with Crippen molar-refractivity contribution in [2.75, 3.05) is 26.3 Å². The summed E-state index contributed by atoms with van der Waals surface area (Å²) >= 11 is 0. The Kier molecular flexibility index (Phi) is 5.77. The minimum Gasteiger partial charge on any atom is -0.379 e. The van der Waals surface area contributed by atoms with Gasteiger partial charge in [0, 0.05) is 19.7 Å². The maximum absolute atomic E-state index is 11.7. The van der Waals surface area contributed by atoms with Crippen LogP contribution in [0.15, 0.2) is 0 Å². The predicted octanol–water partition coefficient (Wildman–Crippen LogP) is 0.760. The van der Waals surface area contributed by atoms with E-state index in [1.165, 1.54) is 12.8 Å². The Labute approximate surface area is 97.9 Å². The number of rotatable bonds is 8. The van der Waals surface area contributed by atoms with E-state index in [1.807, 2.05) is 13.8 Å². The third-order valence-electron chi connectivity index (χ3n) is 2.99. The van der Waals surface area contributed by atoms with E-state index in [9.17, 15) is 4.79 Å². The first kappa shape index (κ1) is 13.5. The van der Waals surface area contributed by atoms with Gasteiger partial charge in [0.2, 0.25) is 5.91 Å². The van der Waals surface area contributed by atoms with Gasteiger partial charge in [0.05, 0.1) is 12.5 Å². The first-order chi connectivity index (χ1) is 7.65. The van der Waals surface area contributed by atoms with Gasteiger partial charge in [0.25, 0.3) is 0 Å². The summed E-state index contributed by atoms with van der Waals surface area (Å²) in [6.45, 7) is 6.49. The molecule has 1 fully saturated rings. The van der Waals surface area contributed by atoms with Crippen LogP contribution in [0.4, 0.5) is 0 Å². The maximum Gasteiger partial charge on any atom is 0.224 e. The second-order valence-corrected chi connectivity index (χ2v) is 4.90. The normalized spacial score (nSPS) is 17.5. The molecular formula is C12H24N2O2. The summed E-state index contributed by atoms with van der Waals surface area (Å²) in [4.78, 5) is 11.7. The van der Waals surface area contributed by atoms with Crippen LogP contribution in [0.25, 0.3) is 0 Å². The monoisotopic (exact) mass is 228 g/mol. The van der Waals surface area contributed by atoms with E-state index in [1.54, 1.807) is 0 Å². The molecule has 0 aromatic heterocycles. The van der Waals surface area contributed by atoms with E-state index >= 15 is 0 Å². The van der Waals surface area contributed by atoms with Crippen LogP contribution in [0.2, 0.25) is 0 Å². The molecule has 0 aromatic rings. The lowest BCUT2D eigenvalue weighted by atomic mass is 9.95. The molecule has 3 N–H and O–H groups in total. The van der Waals surface area contributed by atoms with Crippen LogP contribution in [0.5, 0.6) is 0 Å². The van der Waals surface area contributed by atoms with Crippen molar-refractivity contribution < 1.29 is 9.53 Å². The van der Waals surface area contributed by atoms with E-state index < -0.39 is 0 Å². The largest absolute Gasteiger partial charge is 0.379 e. The maximum atomic E-state index is 11.7. The number of carbonyl (C=O) groups is 1. The second-order valence-electron chi connectivity index (χ2n) is 4.90. The Morgan fingerprint density at radius 2 is 2.19 bits per heavy atom. The van der Waals surface area contributed by atoms with Crippen LogP contribution in [0.3, 0.4) is 0 Å². The highest BCUT2D eigenvalue weighted by atomic mass is 16.5. The van der Waals surface area contributed by atoms with Crippen LogP contribution in [0.1, 0.15) is 26.7 Å². The van der Waals surface area contributed by atoms with Crippen LogP contribution >= 0.6 is 0 Å². The van der Waals surface area contributed by atoms with Crippen molar-refractivity contribution in [1.82, 2.24) is 5.32 Å². The number of nitrogens with two attached hydrogens (primary N) is 1. The van der Waals surface area contributed by atoms with Gasteiger partial charge < -0.3 is 15.8 Å². The molecule has 1 rings (SSSR count). The highest BCUT2D eigenvalue weighted by Gasteiger charge is 2.21. The van der Waals surface area contributed by atoms with Gasteiger partial charge in [-0.2, -0.15) is 0 Å². The van der Waals surface area contributed by atoms with Gasteiger partial charge in [0.1, 0.15) is 0 Å². The summed E-state index contributed by atoms with van der Waals surface area (Å²) < 4.78 is 5.44. The highest BCUT2D eigenvalue weighted by molar-refractivity contribution is 5.79. The van der Waals surface area contributed by atoms with Gasteiger partial charge in [-0.25, -0.2) is 0 Å². The molecule has 1 atom stereocenters. The van der Waals surface area contributed by atoms with E-state index in [2.05, 4.69) is 5.32 Å². The van der Waals surface area contributed by atoms with Crippen molar-refractivity contribution >= 4 is 5.91 Å². The second kappa shape index (κ2) is 6.86. The Morgan fingerprint density at radius 3 is 2.69 bits per heavy atom. The zero-order valence-electron chi connectivity index (χ0n) is 10.4. The van der Waals surface area contributed by atoms with Crippen molar-refractivity contribution in [2.45, 2.75) is 26.7 Å². The fourth-order valence-electron chi connectivity index (χ4n) is 1.59. The Bertz CT molecular complexity index is 215. The number of hydrogen-bond acceptors (Lipinski definition) is 3. The lowest BCUT2D eigenvalue weighted by Gasteiger charge is -2.18. The fraction of sp³-hybridized carbons (Fsp3) is 0.917. The third-order valence-corrected chi connectivity index (χ3v) is 2.99. The average molecular weight is 228 g/mol. The lowest BCUT2D eigenvalue weighted by Crippen LogP contribution is -2.39. The molecule has 0 aliphatic heterocycles. The molecule has 16 heavy (non-hydrogen) atoms. The van der Waals surface area contributed by atoms with E-state index in [-0.39, 0.29) is 17.7 Å². The standard InChI is InChI=1S/C12H24N2O2/c1-9(2)11(7-13)12(15)14-5-6-16-8-10-3-4-10/h9-11H,3-8,13H2,1-2H3,(H,14,15). The Hall–Kier alpha value is -0.610. The molecule has 0 saturated heterocycles. The molecule has 0 bridgehead atoms. The van der Waals surface area contributed by atoms with Crippen molar-refractivity contribution in [1.29, 1.82) is 0 Å². The zero-order chi connectivity index (χ0) is 12.0. The molecule has 1 aliphatic rings. The van der Waals surface area contributed by atoms with E-state index in [0.29, 0.717) is 19.7 Å². The van der Waals surface area contributed by atoms with Gasteiger partial charge in [-0.05, 0) is 24.7 Å². The molecule has 94 valence electrons. The Balaban J connectivity index is 2.03. The Morgan fingerprint density at radius 1 is 1.50 bits per heavy atom. The van der Waals surface area contributed by atoms with Gasteiger partial charge >= 0.3 is 0 Å². The summed E-state index contributed by atoms with van der Waals surface area (Å²) in [6.07, 6.45) is 2.60. The number of carbonyl (C=O) groups excluding carboxylic acids is 1. The van der Waals surface area contributed by atoms with Crippen LogP contribution < -0.4 is 11.1 Å². The van der Waals surface area contributed by atoms with Crippen molar-refractivity contribution in [3.05, 3.63) is 0 Å². The quantitative estimate of drug-likeness (QED) is 0.603. The number of ether oxygens (including phenoxy) is 1. The number of nitrogens with one attached hydrogen (secondary N) is 1. The molecular weight excluding hydrogens is 204 g/mol. The SMILES string of the molecule is CC(C)C(CN)C(=O)NCCOCC1CC1. The summed E-state index contributed by atoms with van der Waals surface area (Å²) in [5, 5.41) is 2.87. The summed E-state index contributed by atoms with van der Waals surface area (Å²) in [5.74, 6) is 1.04. The zero-order valence-corrected chi connectivity index (χ0v) is 10.4. The molecule has 1 amide bonds. The molecule has 4 heteroatoms. The smallest absolute Gasteiger partial charge is 0.224 e. The first-order valence-corrected chi connectivity index (χ1v) is 6.20. The minimum atomic E-state index is -0.0802. The predicted molar refractivity (Wildman–Crippen MR) is 63.9 cm³/mol. The highest BCUT2D eigenvalue weighted by Crippen LogP contribution is 2.28. The molecule has 1 saturated carbocycles. The van der Waals surface area contributed by atoms with Gasteiger partial charge in [0.15, 0.2) is 0 Å². The molecule has 0 radical (unpaired) electrons. The first-order valence-electron chi connectivity index (χ1n) is 6.20. The number of amides is 1. The van der Waals surface area contributed by atoms with Crippen LogP contribution in [-0.2, 0) is 9.53 Å². The summed E-state index contributed by atoms with van der Waals surface area (Å²) in [5.41, 5.74) is 5.56. The average Bonchev–Trinajstić information content (AvgIpc) is 3.01. The van der Waals surface area contributed by atoms with Crippen molar-refractivity contribution in [3.63, 3.8) is 0 Å². The van der Waals surface area contributed by atoms with Gasteiger partial charge in [-0.15, -0.1) is 0 Å². The number of hydrogen-bond donors (Lipinski definition) is 2. The summed E-state index contributed by atoms with van der Waals surface area (Å²) in [6, 6.07) is 0. The van der Waals surface area contributed by atoms with E-state index in [0.717, 1.165) is 12.5 Å². The lowest BCUT2D eigenvalue weighted by molar-refractivity contribution is -0.126. The molecule has 1 aliphatic carbocycles. The molecule has 0 spiro atoms. The van der Waals surface area contributed by atoms with Crippen LogP contribution in [0, 0.1) is 17.8 Å². The molecule has 0 aromatic carbocycles. The van der Waals surface area contributed by atoms with Crippen LogP contribution in [-0.4, -0.2) is 32.2 Å². The van der Waals surface area contributed by atoms with Crippen molar-refractivity contribution in [3.8, 4) is 0 Å².